The van der Waals surface area contributed by atoms with Crippen molar-refractivity contribution in [3.63, 3.8) is 0 Å². The zero-order valence-corrected chi connectivity index (χ0v) is 19.3. The Kier molecular flexibility index (Phi) is 5.37. The molecule has 0 fully saturated rings. The minimum absolute atomic E-state index is 0.520. The van der Waals surface area contributed by atoms with Crippen LogP contribution in [0.3, 0.4) is 0 Å². The summed E-state index contributed by atoms with van der Waals surface area (Å²) in [6.45, 7) is 4.25. The van der Waals surface area contributed by atoms with Crippen LogP contribution in [0.2, 0.25) is 0 Å². The van der Waals surface area contributed by atoms with Gasteiger partial charge in [-0.3, -0.25) is 0 Å². The van der Waals surface area contributed by atoms with Crippen LogP contribution in [0.1, 0.15) is 16.7 Å². The molecular weight excluding hydrogens is 430 g/mol. The molecule has 7 heteroatoms. The molecule has 0 aliphatic heterocycles. The van der Waals surface area contributed by atoms with Crippen LogP contribution in [0, 0.1) is 25.2 Å². The number of rotatable bonds is 5. The topological polar surface area (TPSA) is 79.7 Å². The van der Waals surface area contributed by atoms with Gasteiger partial charge in [0.25, 0.3) is 0 Å². The Morgan fingerprint density at radius 1 is 1.00 bits per heavy atom. The second-order valence-electron chi connectivity index (χ2n) is 7.88. The smallest absolute Gasteiger partial charge is 0.228 e. The first-order valence-electron chi connectivity index (χ1n) is 10.4. The summed E-state index contributed by atoms with van der Waals surface area (Å²) in [5.41, 5.74) is 7.87. The van der Waals surface area contributed by atoms with Crippen molar-refractivity contribution >= 4 is 34.4 Å². The summed E-state index contributed by atoms with van der Waals surface area (Å²) in [6.07, 6.45) is 5.45. The molecule has 0 unspecified atom stereocenters. The Balaban J connectivity index is 1.53. The number of nitrogens with one attached hydrogen (secondary N) is 1. The molecular formula is C26H21N5OS. The van der Waals surface area contributed by atoms with Gasteiger partial charge < -0.3 is 14.3 Å². The van der Waals surface area contributed by atoms with Gasteiger partial charge in [-0.2, -0.15) is 5.26 Å². The van der Waals surface area contributed by atoms with Crippen molar-refractivity contribution in [3.05, 3.63) is 83.9 Å². The number of nitrogens with zero attached hydrogens (tertiary/aromatic N) is 4. The zero-order chi connectivity index (χ0) is 22.9. The Morgan fingerprint density at radius 3 is 2.42 bits per heavy atom. The summed E-state index contributed by atoms with van der Waals surface area (Å²) in [4.78, 5) is 10.7. The van der Waals surface area contributed by atoms with E-state index in [-0.39, 0.29) is 0 Å². The minimum atomic E-state index is 0.520. The predicted molar refractivity (Wildman–Crippen MR) is 131 cm³/mol. The second-order valence-corrected chi connectivity index (χ2v) is 8.88. The normalized spacial score (nSPS) is 11.0. The minimum Gasteiger partial charge on any atom is -0.472 e. The fourth-order valence-corrected chi connectivity index (χ4v) is 4.95. The third kappa shape index (κ3) is 4.09. The fraction of sp³-hybridized carbons (Fsp3) is 0.115. The molecule has 0 aliphatic rings. The van der Waals surface area contributed by atoms with Crippen molar-refractivity contribution in [3.8, 4) is 17.2 Å². The third-order valence-corrected chi connectivity index (χ3v) is 6.80. The van der Waals surface area contributed by atoms with Gasteiger partial charge in [0.15, 0.2) is 0 Å². The number of aromatic nitrogens is 3. The molecule has 3 heterocycles. The van der Waals surface area contributed by atoms with Gasteiger partial charge in [0, 0.05) is 29.4 Å². The number of fused-ring (bicyclic) bond motifs is 1. The summed E-state index contributed by atoms with van der Waals surface area (Å²) in [5, 5.41) is 13.2. The summed E-state index contributed by atoms with van der Waals surface area (Å²) < 4.78 is 7.30. The first kappa shape index (κ1) is 20.9. The predicted octanol–water partition coefficient (Wildman–Crippen LogP) is 6.61. The van der Waals surface area contributed by atoms with Crippen LogP contribution in [-0.4, -0.2) is 14.5 Å². The lowest BCUT2D eigenvalue weighted by Crippen LogP contribution is -2.01. The molecule has 6 nitrogen and oxygen atoms in total. The van der Waals surface area contributed by atoms with E-state index in [1.54, 1.807) is 36.4 Å². The Hall–Kier alpha value is -4.02. The maximum Gasteiger partial charge on any atom is 0.228 e. The van der Waals surface area contributed by atoms with Gasteiger partial charge in [-0.25, -0.2) is 9.97 Å². The molecule has 0 amide bonds. The van der Waals surface area contributed by atoms with E-state index < -0.39 is 0 Å². The molecule has 0 saturated carbocycles. The highest BCUT2D eigenvalue weighted by Crippen LogP contribution is 2.38. The van der Waals surface area contributed by atoms with Crippen LogP contribution in [0.5, 0.6) is 0 Å². The summed E-state index contributed by atoms with van der Waals surface area (Å²) in [6, 6.07) is 17.7. The molecule has 1 N–H and O–H groups in total. The van der Waals surface area contributed by atoms with Crippen LogP contribution in [0.15, 0.2) is 81.6 Å². The number of nitriles is 1. The van der Waals surface area contributed by atoms with Crippen molar-refractivity contribution in [1.29, 1.82) is 5.26 Å². The Morgan fingerprint density at radius 2 is 1.76 bits per heavy atom. The second kappa shape index (κ2) is 8.49. The number of hydrogen-bond donors (Lipinski definition) is 1. The van der Waals surface area contributed by atoms with Crippen LogP contribution in [-0.2, 0) is 7.05 Å². The van der Waals surface area contributed by atoms with Crippen LogP contribution in [0.25, 0.3) is 22.2 Å². The molecule has 0 bridgehead atoms. The molecule has 0 aliphatic carbocycles. The highest BCUT2D eigenvalue weighted by molar-refractivity contribution is 7.99. The molecule has 0 radical (unpaired) electrons. The van der Waals surface area contributed by atoms with E-state index in [1.165, 1.54) is 16.0 Å². The lowest BCUT2D eigenvalue weighted by atomic mass is 10.0. The molecule has 0 atom stereocenters. The van der Waals surface area contributed by atoms with Crippen LogP contribution < -0.4 is 5.32 Å². The maximum atomic E-state index is 9.03. The van der Waals surface area contributed by atoms with E-state index in [0.717, 1.165) is 32.9 Å². The van der Waals surface area contributed by atoms with Crippen molar-refractivity contribution in [1.82, 2.24) is 14.5 Å². The van der Waals surface area contributed by atoms with Gasteiger partial charge in [0.05, 0.1) is 35.2 Å². The summed E-state index contributed by atoms with van der Waals surface area (Å²) in [7, 11) is 2.01. The van der Waals surface area contributed by atoms with Crippen molar-refractivity contribution < 1.29 is 4.42 Å². The number of benzene rings is 2. The van der Waals surface area contributed by atoms with Gasteiger partial charge in [0.2, 0.25) is 5.95 Å². The standard InChI is InChI=1S/C26H21N5OS/c1-16-12-20(19-9-11-32-15-19)13-17(2)24(16)33-25-23-22(8-10-31(23)3)29-26(30-25)28-21-6-4-18(14-27)5-7-21/h4-13,15H,1-3H3,(H,28,29,30). The van der Waals surface area contributed by atoms with Gasteiger partial charge in [-0.15, -0.1) is 0 Å². The molecule has 162 valence electrons. The van der Waals surface area contributed by atoms with Crippen molar-refractivity contribution in [2.24, 2.45) is 7.05 Å². The van der Waals surface area contributed by atoms with E-state index in [4.69, 9.17) is 19.6 Å². The zero-order valence-electron chi connectivity index (χ0n) is 18.5. The highest BCUT2D eigenvalue weighted by Gasteiger charge is 2.16. The van der Waals surface area contributed by atoms with Crippen LogP contribution in [0.4, 0.5) is 11.6 Å². The quantitative estimate of drug-likeness (QED) is 0.303. The van der Waals surface area contributed by atoms with Gasteiger partial charge in [0.1, 0.15) is 5.03 Å². The molecule has 3 aromatic heterocycles. The van der Waals surface area contributed by atoms with Gasteiger partial charge in [-0.05, 0) is 66.9 Å². The SMILES string of the molecule is Cc1cc(-c2ccoc2)cc(C)c1Sc1nc(Nc2ccc(C#N)cc2)nc2ccn(C)c12. The van der Waals surface area contributed by atoms with Crippen LogP contribution >= 0.6 is 11.8 Å². The molecule has 5 rings (SSSR count). The maximum absolute atomic E-state index is 9.03. The van der Waals surface area contributed by atoms with Gasteiger partial charge in [-0.1, -0.05) is 23.9 Å². The molecule has 33 heavy (non-hydrogen) atoms. The molecule has 5 aromatic rings. The molecule has 2 aromatic carbocycles. The molecule has 0 saturated heterocycles. The van der Waals surface area contributed by atoms with E-state index in [0.29, 0.717) is 11.5 Å². The fourth-order valence-electron chi connectivity index (χ4n) is 3.84. The number of aryl methyl sites for hydroxylation is 3. The monoisotopic (exact) mass is 451 g/mol. The van der Waals surface area contributed by atoms with E-state index >= 15 is 0 Å². The van der Waals surface area contributed by atoms with E-state index in [2.05, 4.69) is 37.4 Å². The highest BCUT2D eigenvalue weighted by atomic mass is 32.2. The lowest BCUT2D eigenvalue weighted by Gasteiger charge is -2.14. The lowest BCUT2D eigenvalue weighted by molar-refractivity contribution is 0.568. The largest absolute Gasteiger partial charge is 0.472 e. The third-order valence-electron chi connectivity index (χ3n) is 5.47. The average molecular weight is 452 g/mol. The first-order chi connectivity index (χ1) is 16.0. The Labute approximate surface area is 195 Å². The Bertz CT molecular complexity index is 1470. The van der Waals surface area contributed by atoms with Gasteiger partial charge >= 0.3 is 0 Å². The number of furan rings is 1. The number of anilines is 2. The molecule has 0 spiro atoms. The number of hydrogen-bond acceptors (Lipinski definition) is 6. The van der Waals surface area contributed by atoms with Crippen molar-refractivity contribution in [2.75, 3.05) is 5.32 Å². The average Bonchev–Trinajstić information content (AvgIpc) is 3.47. The van der Waals surface area contributed by atoms with E-state index in [9.17, 15) is 0 Å². The van der Waals surface area contributed by atoms with Crippen molar-refractivity contribution in [2.45, 2.75) is 23.8 Å². The summed E-state index contributed by atoms with van der Waals surface area (Å²) >= 11 is 1.65. The van der Waals surface area contributed by atoms with E-state index in [1.807, 2.05) is 42.1 Å². The first-order valence-corrected chi connectivity index (χ1v) is 11.3. The summed E-state index contributed by atoms with van der Waals surface area (Å²) in [5.74, 6) is 0.520.